The predicted molar refractivity (Wildman–Crippen MR) is 263 cm³/mol. The van der Waals surface area contributed by atoms with Crippen LogP contribution in [0.25, 0.3) is 0 Å². The first-order valence-electron chi connectivity index (χ1n) is 25.2. The molecular formula is C52H98N2O6P+. The number of hydrogen-bond acceptors (Lipinski definition) is 5. The number of hydrogen-bond donors (Lipinski definition) is 3. The molecule has 0 aliphatic rings. The highest BCUT2D eigenvalue weighted by molar-refractivity contribution is 7.47. The number of likely N-dealkylation sites (N-methyl/N-ethyl adjacent to an activating group) is 1. The summed E-state index contributed by atoms with van der Waals surface area (Å²) < 4.78 is 23.6. The Morgan fingerprint density at radius 2 is 0.951 bits per heavy atom. The van der Waals surface area contributed by atoms with Crippen LogP contribution in [0.5, 0.6) is 0 Å². The van der Waals surface area contributed by atoms with E-state index in [1.54, 1.807) is 6.08 Å². The molecule has 0 radical (unpaired) electrons. The molecule has 3 atom stereocenters. The molecule has 356 valence electrons. The van der Waals surface area contributed by atoms with Crippen LogP contribution in [0.2, 0.25) is 0 Å². The maximum absolute atomic E-state index is 12.9. The average molecular weight is 878 g/mol. The van der Waals surface area contributed by atoms with Gasteiger partial charge < -0.3 is 19.8 Å². The van der Waals surface area contributed by atoms with Gasteiger partial charge >= 0.3 is 7.82 Å². The lowest BCUT2D eigenvalue weighted by molar-refractivity contribution is -0.870. The summed E-state index contributed by atoms with van der Waals surface area (Å²) in [6.07, 6.45) is 57.3. The molecule has 3 N–H and O–H groups in total. The third-order valence-corrected chi connectivity index (χ3v) is 11.9. The number of rotatable bonds is 45. The second-order valence-electron chi connectivity index (χ2n) is 18.2. The van der Waals surface area contributed by atoms with Gasteiger partial charge in [-0.25, -0.2) is 4.57 Å². The zero-order valence-electron chi connectivity index (χ0n) is 40.4. The monoisotopic (exact) mass is 878 g/mol. The number of nitrogens with one attached hydrogen (secondary N) is 1. The normalized spacial score (nSPS) is 14.7. The maximum atomic E-state index is 12.9. The van der Waals surface area contributed by atoms with Crippen LogP contribution in [-0.4, -0.2) is 73.4 Å². The number of aliphatic hydroxyl groups is 1. The molecule has 9 heteroatoms. The number of quaternary nitrogens is 1. The van der Waals surface area contributed by atoms with Crippen LogP contribution in [0.4, 0.5) is 0 Å². The Labute approximate surface area is 377 Å². The quantitative estimate of drug-likeness (QED) is 0.0244. The standard InChI is InChI=1S/C52H97N2O6P/c1-6-8-10-12-14-16-18-20-22-24-25-26-27-28-29-30-31-33-35-37-39-41-43-45-51(55)50(49-60-61(57,58)59-48-47-54(3,4)5)53-52(56)46-44-42-40-38-36-34-32-23-21-19-17-15-13-11-9-7-2/h17,19,23,29-30,32,35,37,43,45,50-51,55H,6-16,18,20-22,24-28,31,33-34,36,38-42,44,46-49H2,1-5H3,(H-,53,56,57,58)/p+1/b19-17-,30-29+,32-23-,37-35+,45-43+. The second kappa shape index (κ2) is 43.5. The largest absolute Gasteiger partial charge is 0.472 e. The lowest BCUT2D eigenvalue weighted by Gasteiger charge is -2.25. The first kappa shape index (κ1) is 59.2. The minimum absolute atomic E-state index is 0.0486. The minimum Gasteiger partial charge on any atom is -0.387 e. The summed E-state index contributed by atoms with van der Waals surface area (Å²) in [4.78, 5) is 23.2. The molecule has 0 aliphatic carbocycles. The third kappa shape index (κ3) is 46.0. The molecule has 0 rings (SSSR count). The van der Waals surface area contributed by atoms with E-state index in [4.69, 9.17) is 9.05 Å². The van der Waals surface area contributed by atoms with Gasteiger partial charge in [-0.1, -0.05) is 190 Å². The number of carbonyl (C=O) groups excluding carboxylic acids is 1. The highest BCUT2D eigenvalue weighted by atomic mass is 31.2. The smallest absolute Gasteiger partial charge is 0.387 e. The van der Waals surface area contributed by atoms with Gasteiger partial charge in [-0.15, -0.1) is 0 Å². The molecule has 0 aromatic heterocycles. The highest BCUT2D eigenvalue weighted by Crippen LogP contribution is 2.43. The molecule has 8 nitrogen and oxygen atoms in total. The topological polar surface area (TPSA) is 105 Å². The Morgan fingerprint density at radius 3 is 1.43 bits per heavy atom. The first-order valence-corrected chi connectivity index (χ1v) is 26.7. The number of nitrogens with zero attached hydrogens (tertiary/aromatic N) is 1. The average Bonchev–Trinajstić information content (AvgIpc) is 3.21. The van der Waals surface area contributed by atoms with Gasteiger partial charge in [0, 0.05) is 6.42 Å². The van der Waals surface area contributed by atoms with E-state index in [1.165, 1.54) is 122 Å². The SMILES string of the molecule is CCCCCC/C=C\C/C=C\CCCCCCCC(=O)NC(COP(=O)(O)OCC[N+](C)(C)C)C(O)/C=C/CC/C=C/CC/C=C/CCCCCCCCCCCCCCC. The zero-order valence-corrected chi connectivity index (χ0v) is 41.3. The molecule has 0 bridgehead atoms. The van der Waals surface area contributed by atoms with Crippen LogP contribution in [0.15, 0.2) is 60.8 Å². The van der Waals surface area contributed by atoms with Crippen molar-refractivity contribution in [1.82, 2.24) is 5.32 Å². The fraction of sp³-hybridized carbons (Fsp3) is 0.788. The van der Waals surface area contributed by atoms with Crippen molar-refractivity contribution in [2.24, 2.45) is 0 Å². The summed E-state index contributed by atoms with van der Waals surface area (Å²) in [6.45, 7) is 4.76. The van der Waals surface area contributed by atoms with Crippen LogP contribution in [0.1, 0.15) is 213 Å². The summed E-state index contributed by atoms with van der Waals surface area (Å²) in [5, 5.41) is 13.8. The Balaban J connectivity index is 4.43. The maximum Gasteiger partial charge on any atom is 0.472 e. The molecular weight excluding hydrogens is 780 g/mol. The van der Waals surface area contributed by atoms with Gasteiger partial charge in [-0.05, 0) is 77.0 Å². The van der Waals surface area contributed by atoms with Gasteiger partial charge in [-0.2, -0.15) is 0 Å². The number of unbranched alkanes of at least 4 members (excludes halogenated alkanes) is 24. The number of allylic oxidation sites excluding steroid dienone is 9. The van der Waals surface area contributed by atoms with E-state index < -0.39 is 20.0 Å². The molecule has 3 unspecified atom stereocenters. The lowest BCUT2D eigenvalue weighted by atomic mass is 10.0. The summed E-state index contributed by atoms with van der Waals surface area (Å²) in [5.74, 6) is -0.206. The number of phosphoric acid groups is 1. The van der Waals surface area contributed by atoms with Gasteiger partial charge in [0.2, 0.25) is 5.91 Å². The lowest BCUT2D eigenvalue weighted by Crippen LogP contribution is -2.45. The van der Waals surface area contributed by atoms with E-state index in [9.17, 15) is 19.4 Å². The number of carbonyl (C=O) groups is 1. The van der Waals surface area contributed by atoms with E-state index in [-0.39, 0.29) is 19.1 Å². The molecule has 0 spiro atoms. The van der Waals surface area contributed by atoms with Crippen molar-refractivity contribution < 1.29 is 32.9 Å². The fourth-order valence-corrected chi connectivity index (χ4v) is 7.66. The van der Waals surface area contributed by atoms with E-state index in [0.717, 1.165) is 70.6 Å². The Hall–Kier alpha value is -1.80. The molecule has 0 heterocycles. The molecule has 0 saturated heterocycles. The van der Waals surface area contributed by atoms with E-state index in [0.29, 0.717) is 17.4 Å². The van der Waals surface area contributed by atoms with Crippen LogP contribution >= 0.6 is 7.82 Å². The molecule has 61 heavy (non-hydrogen) atoms. The molecule has 0 aromatic carbocycles. The van der Waals surface area contributed by atoms with Gasteiger partial charge in [0.15, 0.2) is 0 Å². The second-order valence-corrected chi connectivity index (χ2v) is 19.6. The van der Waals surface area contributed by atoms with Crippen LogP contribution in [-0.2, 0) is 18.4 Å². The van der Waals surface area contributed by atoms with Crippen molar-refractivity contribution >= 4 is 13.7 Å². The molecule has 1 amide bonds. The molecule has 0 fully saturated rings. The predicted octanol–water partition coefficient (Wildman–Crippen LogP) is 14.6. The van der Waals surface area contributed by atoms with Gasteiger partial charge in [0.25, 0.3) is 0 Å². The van der Waals surface area contributed by atoms with Crippen molar-refractivity contribution in [3.8, 4) is 0 Å². The van der Waals surface area contributed by atoms with Crippen molar-refractivity contribution in [3.05, 3.63) is 60.8 Å². The molecule has 0 saturated carbocycles. The van der Waals surface area contributed by atoms with Crippen molar-refractivity contribution in [2.75, 3.05) is 40.9 Å². The van der Waals surface area contributed by atoms with Crippen LogP contribution < -0.4 is 5.32 Å². The molecule has 0 aliphatic heterocycles. The van der Waals surface area contributed by atoms with Crippen molar-refractivity contribution in [2.45, 2.75) is 225 Å². The van der Waals surface area contributed by atoms with E-state index in [2.05, 4.69) is 67.8 Å². The zero-order chi connectivity index (χ0) is 45.0. The van der Waals surface area contributed by atoms with Gasteiger partial charge in [-0.3, -0.25) is 13.8 Å². The van der Waals surface area contributed by atoms with Crippen molar-refractivity contribution in [3.63, 3.8) is 0 Å². The number of aliphatic hydroxyl groups excluding tert-OH is 1. The third-order valence-electron chi connectivity index (χ3n) is 10.9. The molecule has 0 aromatic rings. The highest BCUT2D eigenvalue weighted by Gasteiger charge is 2.27. The summed E-state index contributed by atoms with van der Waals surface area (Å²) in [6, 6.07) is -0.879. The Kier molecular flexibility index (Phi) is 42.2. The van der Waals surface area contributed by atoms with Crippen LogP contribution in [0, 0.1) is 0 Å². The number of phosphoric ester groups is 1. The summed E-state index contributed by atoms with van der Waals surface area (Å²) in [5.41, 5.74) is 0. The number of amides is 1. The first-order chi connectivity index (χ1) is 29.5. The minimum atomic E-state index is -4.36. The van der Waals surface area contributed by atoms with E-state index in [1.807, 2.05) is 27.2 Å². The van der Waals surface area contributed by atoms with E-state index >= 15 is 0 Å². The summed E-state index contributed by atoms with van der Waals surface area (Å²) in [7, 11) is 1.53. The Bertz CT molecular complexity index is 1180. The van der Waals surface area contributed by atoms with Crippen LogP contribution in [0.3, 0.4) is 0 Å². The fourth-order valence-electron chi connectivity index (χ4n) is 6.93. The van der Waals surface area contributed by atoms with Gasteiger partial charge in [0.05, 0.1) is 39.9 Å². The Morgan fingerprint density at radius 1 is 0.557 bits per heavy atom. The van der Waals surface area contributed by atoms with Crippen molar-refractivity contribution in [1.29, 1.82) is 0 Å². The van der Waals surface area contributed by atoms with Gasteiger partial charge in [0.1, 0.15) is 13.2 Å². The summed E-state index contributed by atoms with van der Waals surface area (Å²) >= 11 is 0.